The summed E-state index contributed by atoms with van der Waals surface area (Å²) in [5, 5.41) is 33.2. The van der Waals surface area contributed by atoms with E-state index in [1.165, 1.54) is 20.5 Å². The molecule has 1 fully saturated rings. The standard InChI is InChI=1S/C30H43IN2O8/c1-19(36)7-6-10-27(37)33(17-20-8-4-3-5-9-20)24-15-22(30(39)32-11-12-34)16-25(28(24)38)41-29-23(31)13-21(18-35)14-26(29)40-2/h13-14,16,20,24-25,28,34-35,38H,3-12,15,17-18H2,1-2H3,(H,32,39)/t24-,25+,28+/m1/s1. The Hall–Kier alpha value is -2.22. The smallest absolute Gasteiger partial charge is 0.247 e. The predicted octanol–water partition coefficient (Wildman–Crippen LogP) is 2.88. The van der Waals surface area contributed by atoms with Gasteiger partial charge in [0.25, 0.3) is 0 Å². The lowest BCUT2D eigenvalue weighted by Gasteiger charge is -2.42. The minimum Gasteiger partial charge on any atom is -0.493 e. The maximum absolute atomic E-state index is 13.6. The summed E-state index contributed by atoms with van der Waals surface area (Å²) in [7, 11) is 1.48. The zero-order valence-corrected chi connectivity index (χ0v) is 26.1. The first-order chi connectivity index (χ1) is 19.7. The van der Waals surface area contributed by atoms with E-state index in [4.69, 9.17) is 9.47 Å². The minimum atomic E-state index is -1.15. The highest BCUT2D eigenvalue weighted by Gasteiger charge is 2.41. The number of rotatable bonds is 14. The largest absolute Gasteiger partial charge is 0.493 e. The molecule has 3 atom stereocenters. The van der Waals surface area contributed by atoms with Gasteiger partial charge in [-0.05, 0) is 78.5 Å². The maximum atomic E-state index is 13.6. The Morgan fingerprint density at radius 1 is 1.12 bits per heavy atom. The van der Waals surface area contributed by atoms with Crippen LogP contribution in [0.5, 0.6) is 11.5 Å². The zero-order valence-electron chi connectivity index (χ0n) is 23.9. The molecule has 0 saturated heterocycles. The Morgan fingerprint density at radius 2 is 1.85 bits per heavy atom. The molecule has 1 aromatic carbocycles. The summed E-state index contributed by atoms with van der Waals surface area (Å²) in [5.41, 5.74) is 0.986. The number of carbonyl (C=O) groups excluding carboxylic acids is 3. The number of ether oxygens (including phenoxy) is 2. The predicted molar refractivity (Wildman–Crippen MR) is 161 cm³/mol. The lowest BCUT2D eigenvalue weighted by atomic mass is 9.85. The zero-order chi connectivity index (χ0) is 29.9. The fraction of sp³-hybridized carbons (Fsp3) is 0.633. The van der Waals surface area contributed by atoms with E-state index in [9.17, 15) is 29.7 Å². The van der Waals surface area contributed by atoms with E-state index >= 15 is 0 Å². The molecule has 41 heavy (non-hydrogen) atoms. The molecule has 0 heterocycles. The quantitative estimate of drug-likeness (QED) is 0.219. The summed E-state index contributed by atoms with van der Waals surface area (Å²) in [4.78, 5) is 40.0. The number of ketones is 1. The molecule has 0 bridgehead atoms. The van der Waals surface area contributed by atoms with Crippen LogP contribution in [-0.2, 0) is 21.0 Å². The van der Waals surface area contributed by atoms with Crippen LogP contribution in [0.25, 0.3) is 0 Å². The third-order valence-electron chi connectivity index (χ3n) is 7.76. The molecule has 228 valence electrons. The van der Waals surface area contributed by atoms with E-state index in [0.29, 0.717) is 45.6 Å². The summed E-state index contributed by atoms with van der Waals surface area (Å²) >= 11 is 2.07. The first-order valence-corrected chi connectivity index (χ1v) is 15.5. The summed E-state index contributed by atoms with van der Waals surface area (Å²) in [6, 6.07) is 2.67. The number of nitrogens with zero attached hydrogens (tertiary/aromatic N) is 1. The summed E-state index contributed by atoms with van der Waals surface area (Å²) in [6.07, 6.45) is 5.79. The Kier molecular flexibility index (Phi) is 13.3. The highest BCUT2D eigenvalue weighted by atomic mass is 127. The maximum Gasteiger partial charge on any atom is 0.247 e. The molecule has 11 heteroatoms. The van der Waals surface area contributed by atoms with Crippen molar-refractivity contribution in [1.82, 2.24) is 10.2 Å². The van der Waals surface area contributed by atoms with Crippen molar-refractivity contribution >= 4 is 40.2 Å². The second-order valence-electron chi connectivity index (χ2n) is 10.9. The number of Topliss-reactive ketones (excluding diaryl/α,β-unsaturated/α-hetero) is 1. The number of hydrogen-bond donors (Lipinski definition) is 4. The van der Waals surface area contributed by atoms with Crippen LogP contribution >= 0.6 is 22.6 Å². The fourth-order valence-corrected chi connectivity index (χ4v) is 6.39. The van der Waals surface area contributed by atoms with E-state index in [1.54, 1.807) is 23.1 Å². The third kappa shape index (κ3) is 9.39. The molecule has 10 nitrogen and oxygen atoms in total. The van der Waals surface area contributed by atoms with Gasteiger partial charge in [-0.3, -0.25) is 9.59 Å². The van der Waals surface area contributed by atoms with E-state index in [0.717, 1.165) is 25.7 Å². The number of aliphatic hydroxyl groups is 3. The molecular weight excluding hydrogens is 643 g/mol. The second-order valence-corrected chi connectivity index (χ2v) is 12.1. The van der Waals surface area contributed by atoms with Crippen LogP contribution in [0, 0.1) is 9.49 Å². The average molecular weight is 687 g/mol. The van der Waals surface area contributed by atoms with Crippen molar-refractivity contribution in [2.45, 2.75) is 89.6 Å². The molecule has 0 radical (unpaired) electrons. The Morgan fingerprint density at radius 3 is 2.49 bits per heavy atom. The lowest BCUT2D eigenvalue weighted by molar-refractivity contribution is -0.140. The normalized spacial score (nSPS) is 21.1. The molecule has 0 unspecified atom stereocenters. The number of aliphatic hydroxyl groups excluding tert-OH is 3. The van der Waals surface area contributed by atoms with Crippen molar-refractivity contribution in [3.8, 4) is 11.5 Å². The molecule has 4 N–H and O–H groups in total. The van der Waals surface area contributed by atoms with Gasteiger partial charge in [0, 0.05) is 37.9 Å². The number of halogens is 1. The number of amides is 2. The molecule has 1 saturated carbocycles. The van der Waals surface area contributed by atoms with Gasteiger partial charge in [0.1, 0.15) is 18.0 Å². The Labute approximate surface area is 255 Å². The first-order valence-electron chi connectivity index (χ1n) is 14.4. The van der Waals surface area contributed by atoms with Gasteiger partial charge in [-0.1, -0.05) is 19.3 Å². The Bertz CT molecular complexity index is 1090. The SMILES string of the molecule is COc1cc(CO)cc(I)c1O[C@H]1C=C(C(=O)NCCO)C[C@@H](N(CC2CCCCC2)C(=O)CCCC(C)=O)[C@@H]1O. The van der Waals surface area contributed by atoms with Crippen molar-refractivity contribution in [3.63, 3.8) is 0 Å². The molecule has 2 amide bonds. The van der Waals surface area contributed by atoms with Crippen molar-refractivity contribution in [2.75, 3.05) is 26.8 Å². The van der Waals surface area contributed by atoms with Crippen molar-refractivity contribution < 1.29 is 39.2 Å². The van der Waals surface area contributed by atoms with Gasteiger partial charge in [-0.25, -0.2) is 0 Å². The van der Waals surface area contributed by atoms with Crippen molar-refractivity contribution in [2.24, 2.45) is 5.92 Å². The topological polar surface area (TPSA) is 146 Å². The van der Waals surface area contributed by atoms with Crippen LogP contribution in [0.15, 0.2) is 23.8 Å². The van der Waals surface area contributed by atoms with Crippen LogP contribution in [0.2, 0.25) is 0 Å². The number of benzene rings is 1. The summed E-state index contributed by atoms with van der Waals surface area (Å²) < 4.78 is 12.5. The third-order valence-corrected chi connectivity index (χ3v) is 8.56. The number of hydrogen-bond acceptors (Lipinski definition) is 8. The highest BCUT2D eigenvalue weighted by Crippen LogP contribution is 2.37. The molecule has 1 aromatic rings. The van der Waals surface area contributed by atoms with Crippen LogP contribution in [0.3, 0.4) is 0 Å². The average Bonchev–Trinajstić information content (AvgIpc) is 2.96. The molecule has 0 aliphatic heterocycles. The molecule has 0 spiro atoms. The fourth-order valence-electron chi connectivity index (χ4n) is 5.60. The van der Waals surface area contributed by atoms with Gasteiger partial charge in [0.15, 0.2) is 11.5 Å². The van der Waals surface area contributed by atoms with Gasteiger partial charge in [-0.15, -0.1) is 0 Å². The lowest BCUT2D eigenvalue weighted by Crippen LogP contribution is -2.56. The van der Waals surface area contributed by atoms with Crippen LogP contribution in [0.1, 0.15) is 70.3 Å². The van der Waals surface area contributed by atoms with E-state index < -0.39 is 24.2 Å². The van der Waals surface area contributed by atoms with E-state index in [-0.39, 0.29) is 50.2 Å². The van der Waals surface area contributed by atoms with Gasteiger partial charge < -0.3 is 39.8 Å². The van der Waals surface area contributed by atoms with Gasteiger partial charge in [0.05, 0.1) is 29.9 Å². The number of carbonyl (C=O) groups is 3. The van der Waals surface area contributed by atoms with Gasteiger partial charge >= 0.3 is 0 Å². The first kappa shape index (κ1) is 33.3. The van der Waals surface area contributed by atoms with Crippen molar-refractivity contribution in [1.29, 1.82) is 0 Å². The van der Waals surface area contributed by atoms with E-state index in [1.807, 2.05) is 0 Å². The minimum absolute atomic E-state index is 0.0179. The van der Waals surface area contributed by atoms with Crippen LogP contribution in [0.4, 0.5) is 0 Å². The van der Waals surface area contributed by atoms with Crippen molar-refractivity contribution in [3.05, 3.63) is 32.9 Å². The highest BCUT2D eigenvalue weighted by molar-refractivity contribution is 14.1. The summed E-state index contributed by atoms with van der Waals surface area (Å²) in [5.74, 6) is 0.475. The van der Waals surface area contributed by atoms with Gasteiger partial charge in [-0.2, -0.15) is 0 Å². The molecule has 0 aromatic heterocycles. The second kappa shape index (κ2) is 16.4. The van der Waals surface area contributed by atoms with E-state index in [2.05, 4.69) is 27.9 Å². The number of nitrogens with one attached hydrogen (secondary N) is 1. The molecule has 2 aliphatic rings. The molecule has 2 aliphatic carbocycles. The monoisotopic (exact) mass is 686 g/mol. The Balaban J connectivity index is 1.97. The number of methoxy groups -OCH3 is 1. The van der Waals surface area contributed by atoms with Crippen LogP contribution in [-0.4, -0.2) is 82.9 Å². The molecule has 3 rings (SSSR count). The summed E-state index contributed by atoms with van der Waals surface area (Å²) in [6.45, 7) is 1.63. The van der Waals surface area contributed by atoms with Crippen LogP contribution < -0.4 is 14.8 Å². The van der Waals surface area contributed by atoms with Gasteiger partial charge in [0.2, 0.25) is 11.8 Å². The molecular formula is C30H43IN2O8.